The van der Waals surface area contributed by atoms with Crippen molar-refractivity contribution in [2.75, 3.05) is 18.5 Å². The molecule has 0 fully saturated rings. The molecule has 0 aliphatic carbocycles. The maximum atomic E-state index is 12.3. The molecule has 0 spiro atoms. The monoisotopic (exact) mass is 311 g/mol. The Kier molecular flexibility index (Phi) is 6.24. The van der Waals surface area contributed by atoms with Crippen molar-refractivity contribution in [1.29, 1.82) is 0 Å². The fraction of sp³-hybridized carbons (Fsp3) is 0.211. The predicted octanol–water partition coefficient (Wildman–Crippen LogP) is 4.29. The van der Waals surface area contributed by atoms with Crippen molar-refractivity contribution in [3.8, 4) is 11.5 Å². The zero-order valence-electron chi connectivity index (χ0n) is 13.2. The number of nitrogens with one attached hydrogen (secondary N) is 1. The molecule has 0 bridgehead atoms. The van der Waals surface area contributed by atoms with Crippen LogP contribution in [0.15, 0.2) is 61.2 Å². The highest BCUT2D eigenvalue weighted by molar-refractivity contribution is 6.04. The molecule has 0 radical (unpaired) electrons. The summed E-state index contributed by atoms with van der Waals surface area (Å²) in [4.78, 5) is 12.3. The molecular formula is C19H21NO3. The average molecular weight is 311 g/mol. The molecule has 0 aromatic heterocycles. The zero-order valence-corrected chi connectivity index (χ0v) is 13.2. The van der Waals surface area contributed by atoms with Crippen LogP contribution in [0.2, 0.25) is 0 Å². The van der Waals surface area contributed by atoms with Gasteiger partial charge in [-0.1, -0.05) is 31.7 Å². The molecule has 120 valence electrons. The lowest BCUT2D eigenvalue weighted by Gasteiger charge is -2.09. The van der Waals surface area contributed by atoms with Crippen molar-refractivity contribution in [2.45, 2.75) is 13.3 Å². The van der Waals surface area contributed by atoms with Crippen molar-refractivity contribution in [2.24, 2.45) is 0 Å². The molecule has 0 heterocycles. The van der Waals surface area contributed by atoms with Gasteiger partial charge in [-0.25, -0.2) is 0 Å². The number of hydrogen-bond donors (Lipinski definition) is 1. The number of amides is 1. The standard InChI is InChI=1S/C19H21NO3/c1-3-11-22-17-9-5-7-15(13-17)19(21)20-16-8-6-10-18(14-16)23-12-4-2/h4-10,13-14H,2-3,11-12H2,1H3,(H,20,21). The summed E-state index contributed by atoms with van der Waals surface area (Å²) in [6, 6.07) is 14.4. The molecule has 0 saturated heterocycles. The minimum Gasteiger partial charge on any atom is -0.494 e. The minimum atomic E-state index is -0.187. The summed E-state index contributed by atoms with van der Waals surface area (Å²) in [6.45, 7) is 6.71. The van der Waals surface area contributed by atoms with E-state index < -0.39 is 0 Å². The van der Waals surface area contributed by atoms with E-state index in [4.69, 9.17) is 9.47 Å². The quantitative estimate of drug-likeness (QED) is 0.740. The molecule has 2 aromatic carbocycles. The topological polar surface area (TPSA) is 47.6 Å². The smallest absolute Gasteiger partial charge is 0.255 e. The summed E-state index contributed by atoms with van der Waals surface area (Å²) >= 11 is 0. The first-order chi connectivity index (χ1) is 11.2. The van der Waals surface area contributed by atoms with Gasteiger partial charge in [0.05, 0.1) is 6.61 Å². The van der Waals surface area contributed by atoms with E-state index in [0.29, 0.717) is 36.0 Å². The Morgan fingerprint density at radius 2 is 1.87 bits per heavy atom. The van der Waals surface area contributed by atoms with E-state index in [2.05, 4.69) is 11.9 Å². The molecular weight excluding hydrogens is 290 g/mol. The molecule has 4 nitrogen and oxygen atoms in total. The van der Waals surface area contributed by atoms with Crippen molar-refractivity contribution < 1.29 is 14.3 Å². The SMILES string of the molecule is C=CCOc1cccc(NC(=O)c2cccc(OCCC)c2)c1. The van der Waals surface area contributed by atoms with E-state index in [0.717, 1.165) is 6.42 Å². The predicted molar refractivity (Wildman–Crippen MR) is 92.3 cm³/mol. The number of hydrogen-bond acceptors (Lipinski definition) is 3. The molecule has 0 aliphatic rings. The Hall–Kier alpha value is -2.75. The Balaban J connectivity index is 2.05. The van der Waals surface area contributed by atoms with Crippen molar-refractivity contribution in [3.63, 3.8) is 0 Å². The Morgan fingerprint density at radius 3 is 2.61 bits per heavy atom. The number of ether oxygens (including phenoxy) is 2. The van der Waals surface area contributed by atoms with Gasteiger partial charge in [0.2, 0.25) is 0 Å². The number of carbonyl (C=O) groups excluding carboxylic acids is 1. The molecule has 4 heteroatoms. The molecule has 0 unspecified atom stereocenters. The maximum absolute atomic E-state index is 12.3. The molecule has 0 atom stereocenters. The van der Waals surface area contributed by atoms with E-state index in [-0.39, 0.29) is 5.91 Å². The van der Waals surface area contributed by atoms with Gasteiger partial charge in [0.15, 0.2) is 0 Å². The second kappa shape index (κ2) is 8.63. The fourth-order valence-electron chi connectivity index (χ4n) is 1.97. The van der Waals surface area contributed by atoms with Crippen LogP contribution in [0.25, 0.3) is 0 Å². The van der Waals surface area contributed by atoms with Crippen LogP contribution in [0.4, 0.5) is 5.69 Å². The highest BCUT2D eigenvalue weighted by Gasteiger charge is 2.08. The fourth-order valence-corrected chi connectivity index (χ4v) is 1.97. The van der Waals surface area contributed by atoms with Crippen molar-refractivity contribution in [1.82, 2.24) is 0 Å². The van der Waals surface area contributed by atoms with Crippen LogP contribution in [0.5, 0.6) is 11.5 Å². The van der Waals surface area contributed by atoms with Gasteiger partial charge in [-0.3, -0.25) is 4.79 Å². The first kappa shape index (κ1) is 16.6. The Labute approximate surface area is 136 Å². The normalized spacial score (nSPS) is 9.96. The molecule has 0 saturated carbocycles. The van der Waals surface area contributed by atoms with Crippen LogP contribution in [0.1, 0.15) is 23.7 Å². The highest BCUT2D eigenvalue weighted by atomic mass is 16.5. The molecule has 1 N–H and O–H groups in total. The molecule has 2 aromatic rings. The van der Waals surface area contributed by atoms with E-state index in [1.165, 1.54) is 0 Å². The van der Waals surface area contributed by atoms with E-state index in [1.54, 1.807) is 24.3 Å². The van der Waals surface area contributed by atoms with Gasteiger partial charge in [0, 0.05) is 17.3 Å². The number of anilines is 1. The number of carbonyl (C=O) groups is 1. The van der Waals surface area contributed by atoms with Crippen LogP contribution in [-0.4, -0.2) is 19.1 Å². The third-order valence-corrected chi connectivity index (χ3v) is 3.03. The van der Waals surface area contributed by atoms with E-state index in [9.17, 15) is 4.79 Å². The van der Waals surface area contributed by atoms with Crippen LogP contribution in [0, 0.1) is 0 Å². The molecule has 0 aliphatic heterocycles. The lowest BCUT2D eigenvalue weighted by Crippen LogP contribution is -2.12. The van der Waals surface area contributed by atoms with Gasteiger partial charge < -0.3 is 14.8 Å². The van der Waals surface area contributed by atoms with Gasteiger partial charge in [0.25, 0.3) is 5.91 Å². The second-order valence-corrected chi connectivity index (χ2v) is 4.96. The van der Waals surface area contributed by atoms with Crippen LogP contribution < -0.4 is 14.8 Å². The van der Waals surface area contributed by atoms with Gasteiger partial charge in [0.1, 0.15) is 18.1 Å². The Morgan fingerprint density at radius 1 is 1.13 bits per heavy atom. The zero-order chi connectivity index (χ0) is 16.5. The lowest BCUT2D eigenvalue weighted by atomic mass is 10.2. The summed E-state index contributed by atoms with van der Waals surface area (Å²) in [5.41, 5.74) is 1.23. The maximum Gasteiger partial charge on any atom is 0.255 e. The van der Waals surface area contributed by atoms with E-state index in [1.807, 2.05) is 37.3 Å². The van der Waals surface area contributed by atoms with Crippen molar-refractivity contribution >= 4 is 11.6 Å². The van der Waals surface area contributed by atoms with Crippen LogP contribution in [0.3, 0.4) is 0 Å². The third kappa shape index (κ3) is 5.18. The van der Waals surface area contributed by atoms with Crippen LogP contribution >= 0.6 is 0 Å². The summed E-state index contributed by atoms with van der Waals surface area (Å²) in [7, 11) is 0. The van der Waals surface area contributed by atoms with Gasteiger partial charge in [-0.05, 0) is 36.8 Å². The lowest BCUT2D eigenvalue weighted by molar-refractivity contribution is 0.102. The second-order valence-electron chi connectivity index (χ2n) is 4.96. The summed E-state index contributed by atoms with van der Waals surface area (Å²) < 4.78 is 11.0. The van der Waals surface area contributed by atoms with Crippen LogP contribution in [-0.2, 0) is 0 Å². The highest BCUT2D eigenvalue weighted by Crippen LogP contribution is 2.19. The molecule has 1 amide bonds. The number of benzene rings is 2. The van der Waals surface area contributed by atoms with E-state index >= 15 is 0 Å². The minimum absolute atomic E-state index is 0.187. The first-order valence-electron chi connectivity index (χ1n) is 7.61. The Bertz CT molecular complexity index is 667. The largest absolute Gasteiger partial charge is 0.494 e. The molecule has 23 heavy (non-hydrogen) atoms. The van der Waals surface area contributed by atoms with Gasteiger partial charge >= 0.3 is 0 Å². The van der Waals surface area contributed by atoms with Gasteiger partial charge in [-0.2, -0.15) is 0 Å². The number of rotatable bonds is 8. The molecule has 2 rings (SSSR count). The van der Waals surface area contributed by atoms with Crippen molar-refractivity contribution in [3.05, 3.63) is 66.7 Å². The first-order valence-corrected chi connectivity index (χ1v) is 7.61. The summed E-state index contributed by atoms with van der Waals surface area (Å²) in [5, 5.41) is 2.86. The third-order valence-electron chi connectivity index (χ3n) is 3.03. The summed E-state index contributed by atoms with van der Waals surface area (Å²) in [5.74, 6) is 1.19. The summed E-state index contributed by atoms with van der Waals surface area (Å²) in [6.07, 6.45) is 2.60. The van der Waals surface area contributed by atoms with Gasteiger partial charge in [-0.15, -0.1) is 0 Å². The average Bonchev–Trinajstić information content (AvgIpc) is 2.58.